The summed E-state index contributed by atoms with van der Waals surface area (Å²) in [5.41, 5.74) is 6.94. The normalized spacial score (nSPS) is 12.6. The minimum absolute atomic E-state index is 0.0945. The van der Waals surface area contributed by atoms with Gasteiger partial charge < -0.3 is 11.1 Å². The summed E-state index contributed by atoms with van der Waals surface area (Å²) in [6, 6.07) is 13.8. The first kappa shape index (κ1) is 13.6. The Balaban J connectivity index is 2.12. The SMILES string of the molecule is CC(C)C(N)C(=O)NCc1cccc2ccccc12. The van der Waals surface area contributed by atoms with Crippen LogP contribution in [0, 0.1) is 5.92 Å². The lowest BCUT2D eigenvalue weighted by atomic mass is 10.0. The van der Waals surface area contributed by atoms with E-state index in [1.165, 1.54) is 10.8 Å². The summed E-state index contributed by atoms with van der Waals surface area (Å²) in [6.07, 6.45) is 0. The van der Waals surface area contributed by atoms with E-state index in [2.05, 4.69) is 23.5 Å². The first-order valence-corrected chi connectivity index (χ1v) is 6.59. The van der Waals surface area contributed by atoms with Crippen LogP contribution in [0.3, 0.4) is 0 Å². The van der Waals surface area contributed by atoms with E-state index in [1.54, 1.807) is 0 Å². The van der Waals surface area contributed by atoms with Crippen molar-refractivity contribution in [3.05, 3.63) is 48.0 Å². The molecule has 0 spiro atoms. The summed E-state index contributed by atoms with van der Waals surface area (Å²) in [4.78, 5) is 11.9. The molecule has 3 nitrogen and oxygen atoms in total. The molecule has 0 bridgehead atoms. The number of nitrogens with one attached hydrogen (secondary N) is 1. The second kappa shape index (κ2) is 5.85. The van der Waals surface area contributed by atoms with E-state index in [4.69, 9.17) is 5.73 Å². The Labute approximate surface area is 113 Å². The second-order valence-electron chi connectivity index (χ2n) is 5.13. The van der Waals surface area contributed by atoms with Crippen molar-refractivity contribution in [1.82, 2.24) is 5.32 Å². The van der Waals surface area contributed by atoms with Crippen molar-refractivity contribution in [2.24, 2.45) is 11.7 Å². The third-order valence-corrected chi connectivity index (χ3v) is 3.35. The number of benzene rings is 2. The Hall–Kier alpha value is -1.87. The number of carbonyl (C=O) groups is 1. The van der Waals surface area contributed by atoms with Gasteiger partial charge in [-0.3, -0.25) is 4.79 Å². The highest BCUT2D eigenvalue weighted by atomic mass is 16.2. The van der Waals surface area contributed by atoms with Gasteiger partial charge in [0.15, 0.2) is 0 Å². The fourth-order valence-electron chi connectivity index (χ4n) is 2.05. The number of nitrogens with two attached hydrogens (primary N) is 1. The molecule has 3 N–H and O–H groups in total. The van der Waals surface area contributed by atoms with E-state index in [1.807, 2.05) is 38.1 Å². The molecule has 2 aromatic rings. The topological polar surface area (TPSA) is 55.1 Å². The molecule has 0 radical (unpaired) electrons. The minimum Gasteiger partial charge on any atom is -0.351 e. The number of amides is 1. The van der Waals surface area contributed by atoms with Crippen LogP contribution < -0.4 is 11.1 Å². The Kier molecular flexibility index (Phi) is 4.17. The minimum atomic E-state index is -0.449. The zero-order valence-corrected chi connectivity index (χ0v) is 11.4. The van der Waals surface area contributed by atoms with Gasteiger partial charge in [0.1, 0.15) is 0 Å². The Morgan fingerprint density at radius 2 is 1.84 bits per heavy atom. The van der Waals surface area contributed by atoms with Crippen LogP contribution in [-0.4, -0.2) is 11.9 Å². The number of fused-ring (bicyclic) bond motifs is 1. The third kappa shape index (κ3) is 3.12. The largest absolute Gasteiger partial charge is 0.351 e. The highest BCUT2D eigenvalue weighted by Gasteiger charge is 2.16. The van der Waals surface area contributed by atoms with Crippen molar-refractivity contribution < 1.29 is 4.79 Å². The summed E-state index contributed by atoms with van der Waals surface area (Å²) >= 11 is 0. The molecule has 1 unspecified atom stereocenters. The first-order valence-electron chi connectivity index (χ1n) is 6.59. The van der Waals surface area contributed by atoms with Crippen molar-refractivity contribution in [2.75, 3.05) is 0 Å². The molecule has 0 saturated heterocycles. The van der Waals surface area contributed by atoms with Crippen LogP contribution >= 0.6 is 0 Å². The number of hydrogen-bond donors (Lipinski definition) is 2. The highest BCUT2D eigenvalue weighted by molar-refractivity contribution is 5.86. The zero-order chi connectivity index (χ0) is 13.8. The predicted molar refractivity (Wildman–Crippen MR) is 78.6 cm³/mol. The van der Waals surface area contributed by atoms with Gasteiger partial charge in [-0.2, -0.15) is 0 Å². The lowest BCUT2D eigenvalue weighted by molar-refractivity contribution is -0.123. The Morgan fingerprint density at radius 1 is 1.16 bits per heavy atom. The van der Waals surface area contributed by atoms with Gasteiger partial charge in [-0.05, 0) is 22.3 Å². The molecule has 0 aliphatic heterocycles. The van der Waals surface area contributed by atoms with Gasteiger partial charge in [0.2, 0.25) is 5.91 Å². The van der Waals surface area contributed by atoms with E-state index in [0.29, 0.717) is 6.54 Å². The van der Waals surface area contributed by atoms with Gasteiger partial charge in [0.05, 0.1) is 6.04 Å². The third-order valence-electron chi connectivity index (χ3n) is 3.35. The van der Waals surface area contributed by atoms with E-state index in [-0.39, 0.29) is 11.8 Å². The van der Waals surface area contributed by atoms with Crippen LogP contribution in [0.25, 0.3) is 10.8 Å². The van der Waals surface area contributed by atoms with Gasteiger partial charge in [0.25, 0.3) is 0 Å². The van der Waals surface area contributed by atoms with Crippen molar-refractivity contribution in [2.45, 2.75) is 26.4 Å². The molecule has 1 amide bonds. The van der Waals surface area contributed by atoms with E-state index < -0.39 is 6.04 Å². The molecule has 0 saturated carbocycles. The lowest BCUT2D eigenvalue weighted by Gasteiger charge is -2.16. The summed E-state index contributed by atoms with van der Waals surface area (Å²) in [7, 11) is 0. The first-order chi connectivity index (χ1) is 9.09. The molecule has 1 atom stereocenters. The smallest absolute Gasteiger partial charge is 0.237 e. The van der Waals surface area contributed by atoms with Crippen molar-refractivity contribution in [3.8, 4) is 0 Å². The standard InChI is InChI=1S/C16H20N2O/c1-11(2)15(17)16(19)18-10-13-8-5-7-12-6-3-4-9-14(12)13/h3-9,11,15H,10,17H2,1-2H3,(H,18,19). The van der Waals surface area contributed by atoms with Gasteiger partial charge in [0, 0.05) is 6.54 Å². The molecule has 0 aliphatic carbocycles. The van der Waals surface area contributed by atoms with Crippen LogP contribution in [0.2, 0.25) is 0 Å². The van der Waals surface area contributed by atoms with E-state index in [0.717, 1.165) is 5.56 Å². The van der Waals surface area contributed by atoms with Crippen molar-refractivity contribution in [3.63, 3.8) is 0 Å². The maximum Gasteiger partial charge on any atom is 0.237 e. The monoisotopic (exact) mass is 256 g/mol. The Bertz CT molecular complexity index is 572. The zero-order valence-electron chi connectivity index (χ0n) is 11.4. The molecule has 19 heavy (non-hydrogen) atoms. The molecule has 2 aromatic carbocycles. The predicted octanol–water partition coefficient (Wildman–Crippen LogP) is 2.44. The fourth-order valence-corrected chi connectivity index (χ4v) is 2.05. The second-order valence-corrected chi connectivity index (χ2v) is 5.13. The average molecular weight is 256 g/mol. The summed E-state index contributed by atoms with van der Waals surface area (Å²) < 4.78 is 0. The van der Waals surface area contributed by atoms with Crippen LogP contribution in [0.1, 0.15) is 19.4 Å². The summed E-state index contributed by atoms with van der Waals surface area (Å²) in [5.74, 6) is 0.0513. The average Bonchev–Trinajstić information content (AvgIpc) is 2.43. The molecule has 0 aliphatic rings. The van der Waals surface area contributed by atoms with Crippen LogP contribution in [-0.2, 0) is 11.3 Å². The molecule has 0 aromatic heterocycles. The van der Waals surface area contributed by atoms with Gasteiger partial charge in [-0.1, -0.05) is 56.3 Å². The number of hydrogen-bond acceptors (Lipinski definition) is 2. The lowest BCUT2D eigenvalue weighted by Crippen LogP contribution is -2.43. The molecule has 100 valence electrons. The molecular formula is C16H20N2O. The fraction of sp³-hybridized carbons (Fsp3) is 0.312. The number of carbonyl (C=O) groups excluding carboxylic acids is 1. The van der Waals surface area contributed by atoms with Crippen molar-refractivity contribution in [1.29, 1.82) is 0 Å². The van der Waals surface area contributed by atoms with Crippen LogP contribution in [0.5, 0.6) is 0 Å². The molecule has 0 fully saturated rings. The molecule has 2 rings (SSSR count). The van der Waals surface area contributed by atoms with Crippen LogP contribution in [0.15, 0.2) is 42.5 Å². The maximum atomic E-state index is 11.9. The quantitative estimate of drug-likeness (QED) is 0.882. The molecule has 0 heterocycles. The maximum absolute atomic E-state index is 11.9. The summed E-state index contributed by atoms with van der Waals surface area (Å²) in [5, 5.41) is 5.26. The van der Waals surface area contributed by atoms with Gasteiger partial charge in [-0.25, -0.2) is 0 Å². The van der Waals surface area contributed by atoms with Gasteiger partial charge in [-0.15, -0.1) is 0 Å². The Morgan fingerprint density at radius 3 is 2.58 bits per heavy atom. The van der Waals surface area contributed by atoms with Crippen molar-refractivity contribution >= 4 is 16.7 Å². The van der Waals surface area contributed by atoms with E-state index >= 15 is 0 Å². The molecular weight excluding hydrogens is 236 g/mol. The summed E-state index contributed by atoms with van der Waals surface area (Å²) in [6.45, 7) is 4.41. The number of rotatable bonds is 4. The van der Waals surface area contributed by atoms with Gasteiger partial charge >= 0.3 is 0 Å². The van der Waals surface area contributed by atoms with E-state index in [9.17, 15) is 4.79 Å². The molecule has 3 heteroatoms. The highest BCUT2D eigenvalue weighted by Crippen LogP contribution is 2.18. The van der Waals surface area contributed by atoms with Crippen LogP contribution in [0.4, 0.5) is 0 Å².